The molecule has 3 rings (SSSR count). The summed E-state index contributed by atoms with van der Waals surface area (Å²) in [4.78, 5) is 23.6. The summed E-state index contributed by atoms with van der Waals surface area (Å²) in [6.45, 7) is 5.92. The van der Waals surface area contributed by atoms with Crippen molar-refractivity contribution in [3.05, 3.63) is 65.9 Å². The van der Waals surface area contributed by atoms with E-state index in [2.05, 4.69) is 44.4 Å². The lowest BCUT2D eigenvalue weighted by Crippen LogP contribution is -2.48. The zero-order chi connectivity index (χ0) is 20.5. The second-order valence-electron chi connectivity index (χ2n) is 7.57. The van der Waals surface area contributed by atoms with Crippen LogP contribution in [0.3, 0.4) is 0 Å². The summed E-state index contributed by atoms with van der Waals surface area (Å²) in [6, 6.07) is 14.0. The number of carbonyl (C=O) groups is 1. The number of aromatic nitrogens is 1. The van der Waals surface area contributed by atoms with Gasteiger partial charge in [0.15, 0.2) is 0 Å². The number of carbonyl (C=O) groups excluding carboxylic acids is 1. The predicted molar refractivity (Wildman–Crippen MR) is 119 cm³/mol. The molecule has 2 aromatic rings. The number of anilines is 1. The molecule has 1 aliphatic rings. The molecule has 1 aromatic heterocycles. The van der Waals surface area contributed by atoms with Crippen molar-refractivity contribution in [1.82, 2.24) is 19.7 Å². The van der Waals surface area contributed by atoms with Gasteiger partial charge in [-0.3, -0.25) is 9.69 Å². The van der Waals surface area contributed by atoms with Gasteiger partial charge < -0.3 is 15.1 Å². The number of pyridine rings is 1. The molecule has 0 bridgehead atoms. The molecule has 6 heteroatoms. The van der Waals surface area contributed by atoms with E-state index in [1.165, 1.54) is 5.56 Å². The SMILES string of the molecule is CN(C)CCNc1cc(C(=O)N2CCN(C/C=C/c3ccccc3)CC2)ccn1. The Morgan fingerprint density at radius 2 is 1.90 bits per heavy atom. The Balaban J connectivity index is 1.46. The molecule has 1 N–H and O–H groups in total. The molecule has 2 heterocycles. The van der Waals surface area contributed by atoms with Gasteiger partial charge in [0, 0.05) is 57.6 Å². The summed E-state index contributed by atoms with van der Waals surface area (Å²) >= 11 is 0. The van der Waals surface area contributed by atoms with E-state index in [0.717, 1.165) is 51.6 Å². The van der Waals surface area contributed by atoms with Crippen molar-refractivity contribution in [1.29, 1.82) is 0 Å². The minimum Gasteiger partial charge on any atom is -0.369 e. The molecule has 0 unspecified atom stereocenters. The van der Waals surface area contributed by atoms with Crippen LogP contribution < -0.4 is 5.32 Å². The number of amides is 1. The molecule has 0 saturated carbocycles. The van der Waals surface area contributed by atoms with Crippen molar-refractivity contribution in [2.45, 2.75) is 0 Å². The van der Waals surface area contributed by atoms with Gasteiger partial charge in [0.2, 0.25) is 0 Å². The third-order valence-corrected chi connectivity index (χ3v) is 5.01. The Hall–Kier alpha value is -2.70. The Morgan fingerprint density at radius 1 is 1.14 bits per heavy atom. The highest BCUT2D eigenvalue weighted by Gasteiger charge is 2.21. The largest absolute Gasteiger partial charge is 0.369 e. The summed E-state index contributed by atoms with van der Waals surface area (Å²) in [5.74, 6) is 0.838. The van der Waals surface area contributed by atoms with Gasteiger partial charge in [0.05, 0.1) is 0 Å². The molecule has 29 heavy (non-hydrogen) atoms. The molecule has 0 aliphatic carbocycles. The van der Waals surface area contributed by atoms with Gasteiger partial charge in [-0.1, -0.05) is 42.5 Å². The molecule has 1 aliphatic heterocycles. The number of benzene rings is 1. The summed E-state index contributed by atoms with van der Waals surface area (Å²) in [6.07, 6.45) is 6.05. The van der Waals surface area contributed by atoms with Crippen molar-refractivity contribution < 1.29 is 4.79 Å². The van der Waals surface area contributed by atoms with Crippen molar-refractivity contribution >= 4 is 17.8 Å². The summed E-state index contributed by atoms with van der Waals surface area (Å²) in [5, 5.41) is 3.28. The van der Waals surface area contributed by atoms with E-state index in [9.17, 15) is 4.79 Å². The zero-order valence-electron chi connectivity index (χ0n) is 17.4. The number of hydrogen-bond donors (Lipinski definition) is 1. The highest BCUT2D eigenvalue weighted by molar-refractivity contribution is 5.94. The van der Waals surface area contributed by atoms with Crippen LogP contribution in [0.25, 0.3) is 6.08 Å². The lowest BCUT2D eigenvalue weighted by molar-refractivity contribution is 0.0650. The van der Waals surface area contributed by atoms with Gasteiger partial charge in [-0.15, -0.1) is 0 Å². The molecule has 0 spiro atoms. The Kier molecular flexibility index (Phi) is 7.78. The zero-order valence-corrected chi connectivity index (χ0v) is 17.4. The van der Waals surface area contributed by atoms with E-state index in [-0.39, 0.29) is 5.91 Å². The lowest BCUT2D eigenvalue weighted by atomic mass is 10.2. The first-order chi connectivity index (χ1) is 14.1. The van der Waals surface area contributed by atoms with Crippen molar-refractivity contribution in [2.24, 2.45) is 0 Å². The standard InChI is InChI=1S/C23H31N5O/c1-26(2)14-12-25-22-19-21(10-11-24-22)23(29)28-17-15-27(16-18-28)13-6-9-20-7-4-3-5-8-20/h3-11,19H,12-18H2,1-2H3,(H,24,25)/b9-6+. The van der Waals surface area contributed by atoms with E-state index in [4.69, 9.17) is 0 Å². The molecule has 0 atom stereocenters. The second kappa shape index (κ2) is 10.7. The summed E-state index contributed by atoms with van der Waals surface area (Å²) in [5.41, 5.74) is 1.92. The third-order valence-electron chi connectivity index (χ3n) is 5.01. The van der Waals surface area contributed by atoms with Crippen molar-refractivity contribution in [3.63, 3.8) is 0 Å². The Morgan fingerprint density at radius 3 is 2.62 bits per heavy atom. The quantitative estimate of drug-likeness (QED) is 0.747. The topological polar surface area (TPSA) is 51.7 Å². The average molecular weight is 394 g/mol. The van der Waals surface area contributed by atoms with Gasteiger partial charge in [0.1, 0.15) is 5.82 Å². The maximum atomic E-state index is 12.9. The number of piperazine rings is 1. The number of hydrogen-bond acceptors (Lipinski definition) is 5. The first-order valence-corrected chi connectivity index (χ1v) is 10.2. The number of likely N-dealkylation sites (N-methyl/N-ethyl adjacent to an activating group) is 1. The van der Waals surface area contributed by atoms with Crippen LogP contribution in [0.15, 0.2) is 54.7 Å². The van der Waals surface area contributed by atoms with E-state index < -0.39 is 0 Å². The normalized spacial score (nSPS) is 15.2. The predicted octanol–water partition coefficient (Wildman–Crippen LogP) is 2.53. The highest BCUT2D eigenvalue weighted by Crippen LogP contribution is 2.12. The molecule has 6 nitrogen and oxygen atoms in total. The summed E-state index contributed by atoms with van der Waals surface area (Å²) in [7, 11) is 4.07. The van der Waals surface area contributed by atoms with Gasteiger partial charge in [-0.25, -0.2) is 4.98 Å². The third kappa shape index (κ3) is 6.69. The van der Waals surface area contributed by atoms with E-state index in [1.807, 2.05) is 43.3 Å². The Labute approximate surface area is 173 Å². The minimum atomic E-state index is 0.0857. The van der Waals surface area contributed by atoms with Crippen LogP contribution in [0.4, 0.5) is 5.82 Å². The Bertz CT molecular complexity index is 798. The fourth-order valence-electron chi connectivity index (χ4n) is 3.29. The first kappa shape index (κ1) is 21.0. The van der Waals surface area contributed by atoms with Crippen LogP contribution in [0.2, 0.25) is 0 Å². The lowest BCUT2D eigenvalue weighted by Gasteiger charge is -2.34. The van der Waals surface area contributed by atoms with Crippen LogP contribution in [-0.2, 0) is 0 Å². The van der Waals surface area contributed by atoms with Gasteiger partial charge in [0.25, 0.3) is 5.91 Å². The van der Waals surface area contributed by atoms with Crippen LogP contribution >= 0.6 is 0 Å². The molecular weight excluding hydrogens is 362 g/mol. The monoisotopic (exact) mass is 393 g/mol. The van der Waals surface area contributed by atoms with Crippen LogP contribution in [0.5, 0.6) is 0 Å². The van der Waals surface area contributed by atoms with Crippen molar-refractivity contribution in [3.8, 4) is 0 Å². The summed E-state index contributed by atoms with van der Waals surface area (Å²) < 4.78 is 0. The number of nitrogens with zero attached hydrogens (tertiary/aromatic N) is 4. The molecule has 154 valence electrons. The minimum absolute atomic E-state index is 0.0857. The van der Waals surface area contributed by atoms with E-state index >= 15 is 0 Å². The van der Waals surface area contributed by atoms with E-state index in [0.29, 0.717) is 5.56 Å². The number of nitrogens with one attached hydrogen (secondary N) is 1. The van der Waals surface area contributed by atoms with Gasteiger partial charge >= 0.3 is 0 Å². The maximum Gasteiger partial charge on any atom is 0.254 e. The average Bonchev–Trinajstić information content (AvgIpc) is 2.74. The molecule has 1 fully saturated rings. The smallest absolute Gasteiger partial charge is 0.254 e. The number of rotatable bonds is 8. The molecule has 0 radical (unpaired) electrons. The fourth-order valence-corrected chi connectivity index (χ4v) is 3.29. The second-order valence-corrected chi connectivity index (χ2v) is 7.57. The molecule has 1 saturated heterocycles. The molecule has 1 amide bonds. The van der Waals surface area contributed by atoms with Crippen molar-refractivity contribution in [2.75, 3.05) is 65.2 Å². The molecular formula is C23H31N5O. The van der Waals surface area contributed by atoms with Crippen LogP contribution in [0, 0.1) is 0 Å². The highest BCUT2D eigenvalue weighted by atomic mass is 16.2. The maximum absolute atomic E-state index is 12.9. The van der Waals surface area contributed by atoms with Crippen LogP contribution in [-0.4, -0.2) is 85.5 Å². The fraction of sp³-hybridized carbons (Fsp3) is 0.391. The molecule has 1 aromatic carbocycles. The van der Waals surface area contributed by atoms with Crippen LogP contribution in [0.1, 0.15) is 15.9 Å². The van der Waals surface area contributed by atoms with Gasteiger partial charge in [-0.2, -0.15) is 0 Å². The van der Waals surface area contributed by atoms with Gasteiger partial charge in [-0.05, 0) is 31.8 Å². The first-order valence-electron chi connectivity index (χ1n) is 10.2. The van der Waals surface area contributed by atoms with E-state index in [1.54, 1.807) is 12.3 Å².